The lowest BCUT2D eigenvalue weighted by Gasteiger charge is -2.34. The molecule has 0 spiro atoms. The highest BCUT2D eigenvalue weighted by Crippen LogP contribution is 2.19. The van der Waals surface area contributed by atoms with Gasteiger partial charge in [0.05, 0.1) is 13.7 Å². The van der Waals surface area contributed by atoms with Gasteiger partial charge in [0, 0.05) is 6.54 Å². The van der Waals surface area contributed by atoms with Crippen molar-refractivity contribution in [3.05, 3.63) is 0 Å². The predicted octanol–water partition coefficient (Wildman–Crippen LogP) is 1.80. The van der Waals surface area contributed by atoms with E-state index in [0.29, 0.717) is 13.0 Å². The molecule has 0 aliphatic heterocycles. The fraction of sp³-hybridized carbons (Fsp3) is 0.917. The van der Waals surface area contributed by atoms with Crippen LogP contribution in [0.15, 0.2) is 0 Å². The second-order valence-corrected chi connectivity index (χ2v) is 4.68. The number of carbonyl (C=O) groups is 1. The van der Waals surface area contributed by atoms with Crippen molar-refractivity contribution < 1.29 is 22.7 Å². The van der Waals surface area contributed by atoms with Crippen molar-refractivity contribution in [1.82, 2.24) is 10.2 Å². The van der Waals surface area contributed by atoms with Crippen LogP contribution >= 0.6 is 0 Å². The molecule has 1 N–H and O–H groups in total. The third-order valence-corrected chi connectivity index (χ3v) is 2.69. The predicted molar refractivity (Wildman–Crippen MR) is 66.9 cm³/mol. The van der Waals surface area contributed by atoms with E-state index in [0.717, 1.165) is 0 Å². The number of nitrogens with zero attached hydrogens (tertiary/aromatic N) is 1. The average Bonchev–Trinajstić information content (AvgIpc) is 2.26. The fourth-order valence-electron chi connectivity index (χ4n) is 2.04. The molecule has 0 saturated carbocycles. The molecule has 1 atom stereocenters. The molecule has 0 bridgehead atoms. The number of esters is 1. The molecule has 0 aliphatic rings. The number of alkyl halides is 3. The molecule has 0 amide bonds. The summed E-state index contributed by atoms with van der Waals surface area (Å²) in [6.45, 7) is 4.82. The first-order valence-electron chi connectivity index (χ1n) is 6.31. The Hall–Kier alpha value is -0.820. The van der Waals surface area contributed by atoms with Gasteiger partial charge in [0.25, 0.3) is 0 Å². The van der Waals surface area contributed by atoms with Crippen molar-refractivity contribution in [2.75, 3.05) is 33.3 Å². The number of hydrogen-bond donors (Lipinski definition) is 1. The molecule has 7 heteroatoms. The monoisotopic (exact) mass is 284 g/mol. The van der Waals surface area contributed by atoms with Gasteiger partial charge in [-0.05, 0) is 26.4 Å². The van der Waals surface area contributed by atoms with Crippen LogP contribution in [0.1, 0.15) is 27.2 Å². The van der Waals surface area contributed by atoms with Crippen molar-refractivity contribution >= 4 is 5.97 Å². The molecule has 0 aromatic heterocycles. The molecule has 1 unspecified atom stereocenters. The van der Waals surface area contributed by atoms with Gasteiger partial charge in [0.2, 0.25) is 0 Å². The molecule has 19 heavy (non-hydrogen) atoms. The van der Waals surface area contributed by atoms with Gasteiger partial charge in [0.15, 0.2) is 0 Å². The number of ether oxygens (including phenoxy) is 1. The summed E-state index contributed by atoms with van der Waals surface area (Å²) in [5.74, 6) is -0.558. The molecular weight excluding hydrogens is 261 g/mol. The summed E-state index contributed by atoms with van der Waals surface area (Å²) in [5, 5.41) is 2.90. The van der Waals surface area contributed by atoms with E-state index in [1.54, 1.807) is 20.8 Å². The first-order valence-corrected chi connectivity index (χ1v) is 6.31. The van der Waals surface area contributed by atoms with Crippen LogP contribution in [-0.4, -0.2) is 55.9 Å². The fourth-order valence-corrected chi connectivity index (χ4v) is 2.04. The quantitative estimate of drug-likeness (QED) is 0.690. The van der Waals surface area contributed by atoms with Crippen LogP contribution < -0.4 is 5.32 Å². The van der Waals surface area contributed by atoms with Gasteiger partial charge in [-0.15, -0.1) is 0 Å². The molecule has 114 valence electrons. The van der Waals surface area contributed by atoms with Crippen molar-refractivity contribution in [3.63, 3.8) is 0 Å². The Morgan fingerprint density at radius 2 is 1.84 bits per heavy atom. The van der Waals surface area contributed by atoms with Crippen molar-refractivity contribution in [1.29, 1.82) is 0 Å². The Labute approximate surface area is 112 Å². The summed E-state index contributed by atoms with van der Waals surface area (Å²) in [6, 6.07) is 0. The molecule has 0 aliphatic carbocycles. The minimum Gasteiger partial charge on any atom is -0.468 e. The highest BCUT2D eigenvalue weighted by Gasteiger charge is 2.38. The lowest BCUT2D eigenvalue weighted by Crippen LogP contribution is -2.58. The minimum absolute atomic E-state index is 0.0408. The van der Waals surface area contributed by atoms with Gasteiger partial charge in [-0.3, -0.25) is 9.69 Å². The van der Waals surface area contributed by atoms with E-state index in [9.17, 15) is 18.0 Å². The Morgan fingerprint density at radius 3 is 2.21 bits per heavy atom. The molecule has 0 saturated heterocycles. The van der Waals surface area contributed by atoms with Crippen LogP contribution in [0.5, 0.6) is 0 Å². The Kier molecular flexibility index (Phi) is 7.36. The van der Waals surface area contributed by atoms with E-state index in [2.05, 4.69) is 10.1 Å². The van der Waals surface area contributed by atoms with Gasteiger partial charge < -0.3 is 10.1 Å². The largest absolute Gasteiger partial charge is 0.468 e. The smallest absolute Gasteiger partial charge is 0.401 e. The Bertz CT molecular complexity index is 285. The summed E-state index contributed by atoms with van der Waals surface area (Å²) >= 11 is 0. The van der Waals surface area contributed by atoms with Crippen LogP contribution in [0.25, 0.3) is 0 Å². The zero-order valence-corrected chi connectivity index (χ0v) is 11.9. The third kappa shape index (κ3) is 6.77. The van der Waals surface area contributed by atoms with E-state index in [-0.39, 0.29) is 13.1 Å². The number of methoxy groups -OCH3 is 1. The highest BCUT2D eigenvalue weighted by atomic mass is 19.4. The highest BCUT2D eigenvalue weighted by molar-refractivity contribution is 5.80. The van der Waals surface area contributed by atoms with Crippen molar-refractivity contribution in [2.45, 2.75) is 38.9 Å². The second kappa shape index (κ2) is 7.69. The van der Waals surface area contributed by atoms with E-state index in [1.807, 2.05) is 0 Å². The van der Waals surface area contributed by atoms with Gasteiger partial charge in [-0.1, -0.05) is 13.8 Å². The van der Waals surface area contributed by atoms with E-state index >= 15 is 0 Å². The lowest BCUT2D eigenvalue weighted by atomic mass is 10.0. The molecule has 0 fully saturated rings. The summed E-state index contributed by atoms with van der Waals surface area (Å²) in [5.41, 5.74) is -1.13. The maximum absolute atomic E-state index is 12.5. The minimum atomic E-state index is -4.28. The number of rotatable bonds is 8. The molecular formula is C12H23F3N2O2. The molecule has 0 radical (unpaired) electrons. The molecule has 0 rings (SSSR count). The Morgan fingerprint density at radius 1 is 1.26 bits per heavy atom. The number of nitrogens with one attached hydrogen (secondary N) is 1. The van der Waals surface area contributed by atoms with Gasteiger partial charge in [0.1, 0.15) is 5.54 Å². The SMILES string of the molecule is CCCN(CC(F)(F)F)CC(C)(NCC)C(=O)OC. The van der Waals surface area contributed by atoms with Crippen LogP contribution in [0.2, 0.25) is 0 Å². The van der Waals surface area contributed by atoms with E-state index in [4.69, 9.17) is 0 Å². The zero-order chi connectivity index (χ0) is 15.1. The molecule has 4 nitrogen and oxygen atoms in total. The third-order valence-electron chi connectivity index (χ3n) is 2.69. The first kappa shape index (κ1) is 18.2. The normalized spacial score (nSPS) is 15.4. The maximum Gasteiger partial charge on any atom is 0.401 e. The number of halogens is 3. The van der Waals surface area contributed by atoms with Crippen LogP contribution in [0.3, 0.4) is 0 Å². The summed E-state index contributed by atoms with van der Waals surface area (Å²) in [7, 11) is 1.23. The van der Waals surface area contributed by atoms with Crippen LogP contribution in [0.4, 0.5) is 13.2 Å². The number of hydrogen-bond acceptors (Lipinski definition) is 4. The maximum atomic E-state index is 12.5. The first-order chi connectivity index (χ1) is 8.68. The van der Waals surface area contributed by atoms with Gasteiger partial charge in [-0.2, -0.15) is 13.2 Å². The molecule has 0 aromatic carbocycles. The standard InChI is InChI=1S/C12H23F3N2O2/c1-5-7-17(9-12(13,14)15)8-11(3,16-6-2)10(18)19-4/h16H,5-9H2,1-4H3. The van der Waals surface area contributed by atoms with Crippen molar-refractivity contribution in [3.8, 4) is 0 Å². The lowest BCUT2D eigenvalue weighted by molar-refractivity contribution is -0.157. The van der Waals surface area contributed by atoms with E-state index in [1.165, 1.54) is 12.0 Å². The van der Waals surface area contributed by atoms with Gasteiger partial charge >= 0.3 is 12.1 Å². The summed E-state index contributed by atoms with van der Waals surface area (Å²) < 4.78 is 42.2. The van der Waals surface area contributed by atoms with Gasteiger partial charge in [-0.25, -0.2) is 0 Å². The number of likely N-dealkylation sites (N-methyl/N-ethyl adjacent to an activating group) is 1. The summed E-state index contributed by atoms with van der Waals surface area (Å²) in [4.78, 5) is 13.0. The average molecular weight is 284 g/mol. The second-order valence-electron chi connectivity index (χ2n) is 4.68. The number of carbonyl (C=O) groups excluding carboxylic acids is 1. The van der Waals surface area contributed by atoms with Crippen LogP contribution in [0, 0.1) is 0 Å². The van der Waals surface area contributed by atoms with Crippen molar-refractivity contribution in [2.24, 2.45) is 0 Å². The Balaban J connectivity index is 4.88. The van der Waals surface area contributed by atoms with E-state index < -0.39 is 24.2 Å². The zero-order valence-electron chi connectivity index (χ0n) is 11.9. The summed E-state index contributed by atoms with van der Waals surface area (Å²) in [6.07, 6.45) is -3.70. The molecule has 0 aromatic rings. The molecule has 0 heterocycles. The van der Waals surface area contributed by atoms with Crippen LogP contribution in [-0.2, 0) is 9.53 Å². The topological polar surface area (TPSA) is 41.6 Å².